The molecule has 0 aliphatic heterocycles. The van der Waals surface area contributed by atoms with E-state index in [2.05, 4.69) is 0 Å². The van der Waals surface area contributed by atoms with Gasteiger partial charge in [-0.15, -0.1) is 0 Å². The second kappa shape index (κ2) is 4.50. The Morgan fingerprint density at radius 3 is 2.36 bits per heavy atom. The average Bonchev–Trinajstić information content (AvgIpc) is 2.02. The van der Waals surface area contributed by atoms with Crippen LogP contribution in [-0.4, -0.2) is 29.9 Å². The number of pyridine rings is 1. The van der Waals surface area contributed by atoms with Crippen LogP contribution >= 0.6 is 0 Å². The number of hydrogen-bond donors (Lipinski definition) is 1. The summed E-state index contributed by atoms with van der Waals surface area (Å²) in [5.74, 6) is -0.755. The van der Waals surface area contributed by atoms with Crippen LogP contribution in [0.5, 0.6) is 0 Å². The quantitative estimate of drug-likeness (QED) is 0.511. The van der Waals surface area contributed by atoms with E-state index in [9.17, 15) is 18.1 Å². The van der Waals surface area contributed by atoms with Gasteiger partial charge in [0.2, 0.25) is 0 Å². The summed E-state index contributed by atoms with van der Waals surface area (Å²) < 4.78 is 32.5. The lowest BCUT2D eigenvalue weighted by Gasteiger charge is -2.10. The smallest absolute Gasteiger partial charge is 0.175 e. The van der Waals surface area contributed by atoms with E-state index in [0.717, 1.165) is 0 Å². The van der Waals surface area contributed by atoms with Crippen LogP contribution in [0.4, 0.5) is 0 Å². The number of aliphatic hydroxyl groups excluding tert-OH is 1. The molecule has 5 nitrogen and oxygen atoms in total. The summed E-state index contributed by atoms with van der Waals surface area (Å²) in [6.07, 6.45) is 2.20. The van der Waals surface area contributed by atoms with E-state index in [4.69, 9.17) is 0 Å². The lowest BCUT2D eigenvalue weighted by atomic mass is 10.4. The zero-order valence-electron chi connectivity index (χ0n) is 7.41. The van der Waals surface area contributed by atoms with Gasteiger partial charge in [0.05, 0.1) is 15.9 Å². The molecule has 0 spiro atoms. The first-order valence-corrected chi connectivity index (χ1v) is 5.61. The van der Waals surface area contributed by atoms with Crippen molar-refractivity contribution in [3.63, 3.8) is 0 Å². The molecule has 1 heterocycles. The fourth-order valence-corrected chi connectivity index (χ4v) is 1.66. The molecule has 0 bridgehead atoms. The summed E-state index contributed by atoms with van der Waals surface area (Å²) in [7, 11) is -4.36. The molecule has 0 saturated heterocycles. The molecular formula is C8H11NO4S. The monoisotopic (exact) mass is 217 g/mol. The van der Waals surface area contributed by atoms with E-state index in [1.807, 2.05) is 0 Å². The van der Waals surface area contributed by atoms with Crippen LogP contribution in [0.3, 0.4) is 0 Å². The Kier molecular flexibility index (Phi) is 3.56. The van der Waals surface area contributed by atoms with Crippen molar-refractivity contribution in [2.75, 3.05) is 5.75 Å². The average molecular weight is 217 g/mol. The van der Waals surface area contributed by atoms with Crippen LogP contribution in [0.25, 0.3) is 0 Å². The Morgan fingerprint density at radius 1 is 1.29 bits per heavy atom. The van der Waals surface area contributed by atoms with Gasteiger partial charge in [-0.1, -0.05) is 6.07 Å². The van der Waals surface area contributed by atoms with Gasteiger partial charge in [0.15, 0.2) is 18.9 Å². The molecule has 1 atom stereocenters. The molecule has 0 saturated carbocycles. The maximum Gasteiger partial charge on any atom is 0.175 e. The van der Waals surface area contributed by atoms with Crippen LogP contribution in [0.2, 0.25) is 0 Å². The Balaban J connectivity index is 2.54. The van der Waals surface area contributed by atoms with Gasteiger partial charge in [0.1, 0.15) is 6.10 Å². The molecule has 0 aliphatic carbocycles. The topological polar surface area (TPSA) is 81.3 Å². The van der Waals surface area contributed by atoms with Crippen LogP contribution in [-0.2, 0) is 16.7 Å². The molecule has 14 heavy (non-hydrogen) atoms. The molecule has 0 unspecified atom stereocenters. The maximum atomic E-state index is 10.3. The summed E-state index contributed by atoms with van der Waals surface area (Å²) in [5, 5.41) is 9.24. The number of rotatable bonds is 4. The van der Waals surface area contributed by atoms with Crippen LogP contribution in [0, 0.1) is 0 Å². The van der Waals surface area contributed by atoms with Gasteiger partial charge in [-0.3, -0.25) is 0 Å². The zero-order chi connectivity index (χ0) is 10.6. The fraction of sp³-hybridized carbons (Fsp3) is 0.375. The van der Waals surface area contributed by atoms with Crippen molar-refractivity contribution in [2.24, 2.45) is 0 Å². The van der Waals surface area contributed by atoms with Gasteiger partial charge in [0, 0.05) is 12.1 Å². The normalized spacial score (nSPS) is 13.9. The van der Waals surface area contributed by atoms with E-state index in [0.29, 0.717) is 0 Å². The second-order valence-corrected chi connectivity index (χ2v) is 4.40. The Bertz CT molecular complexity index is 376. The van der Waals surface area contributed by atoms with E-state index in [-0.39, 0.29) is 6.54 Å². The molecule has 0 amide bonds. The highest BCUT2D eigenvalue weighted by Crippen LogP contribution is 1.90. The van der Waals surface area contributed by atoms with Crippen LogP contribution in [0.1, 0.15) is 0 Å². The first kappa shape index (κ1) is 11.1. The molecular weight excluding hydrogens is 206 g/mol. The molecule has 6 heteroatoms. The molecule has 0 aliphatic rings. The minimum atomic E-state index is -4.36. The molecule has 1 N–H and O–H groups in total. The molecule has 1 rings (SSSR count). The van der Waals surface area contributed by atoms with Gasteiger partial charge in [-0.25, -0.2) is 13.0 Å². The maximum absolute atomic E-state index is 10.3. The lowest BCUT2D eigenvalue weighted by molar-refractivity contribution is -0.703. The molecule has 1 aromatic rings. The molecule has 0 radical (unpaired) electrons. The van der Waals surface area contributed by atoms with Gasteiger partial charge in [-0.05, 0) is 0 Å². The van der Waals surface area contributed by atoms with Gasteiger partial charge in [-0.2, -0.15) is 0 Å². The van der Waals surface area contributed by atoms with Crippen molar-refractivity contribution in [1.82, 2.24) is 0 Å². The highest BCUT2D eigenvalue weighted by Gasteiger charge is 2.13. The predicted octanol–water partition coefficient (Wildman–Crippen LogP) is -1.12. The SMILES string of the molecule is O=S(=O)([O-])C[C@H](O)C[n+]1ccccc1. The number of nitrogens with zero attached hydrogens (tertiary/aromatic N) is 1. The second-order valence-electron chi connectivity index (χ2n) is 2.95. The van der Waals surface area contributed by atoms with E-state index in [1.165, 1.54) is 0 Å². The molecule has 0 fully saturated rings. The van der Waals surface area contributed by atoms with Crippen molar-refractivity contribution >= 4 is 10.1 Å². The third kappa shape index (κ3) is 4.31. The zero-order valence-corrected chi connectivity index (χ0v) is 8.22. The van der Waals surface area contributed by atoms with E-state index >= 15 is 0 Å². The standard InChI is InChI=1S/C8H11NO4S/c10-8(7-14(11,12)13)6-9-4-2-1-3-5-9/h1-5,8,10H,6-7H2/t8-/m1/s1. The molecule has 1 aromatic heterocycles. The molecule has 78 valence electrons. The fourth-order valence-electron chi connectivity index (χ4n) is 1.09. The van der Waals surface area contributed by atoms with Gasteiger partial charge in [0.25, 0.3) is 0 Å². The van der Waals surface area contributed by atoms with Gasteiger partial charge < -0.3 is 9.66 Å². The molecule has 0 aromatic carbocycles. The van der Waals surface area contributed by atoms with Crippen molar-refractivity contribution in [3.05, 3.63) is 30.6 Å². The number of aliphatic hydroxyl groups is 1. The summed E-state index contributed by atoms with van der Waals surface area (Å²) in [6, 6.07) is 5.30. The highest BCUT2D eigenvalue weighted by atomic mass is 32.2. The first-order chi connectivity index (χ1) is 6.47. The number of aromatic nitrogens is 1. The first-order valence-electron chi connectivity index (χ1n) is 4.03. The Labute approximate surface area is 82.4 Å². The third-order valence-corrected chi connectivity index (χ3v) is 2.39. The van der Waals surface area contributed by atoms with Crippen molar-refractivity contribution in [3.8, 4) is 0 Å². The number of hydrogen-bond acceptors (Lipinski definition) is 4. The summed E-state index contributed by atoms with van der Waals surface area (Å²) in [4.78, 5) is 0. The van der Waals surface area contributed by atoms with E-state index < -0.39 is 22.0 Å². The van der Waals surface area contributed by atoms with Crippen molar-refractivity contribution in [1.29, 1.82) is 0 Å². The lowest BCUT2D eigenvalue weighted by Crippen LogP contribution is -2.41. The van der Waals surface area contributed by atoms with Crippen molar-refractivity contribution in [2.45, 2.75) is 12.6 Å². The third-order valence-electron chi connectivity index (χ3n) is 1.60. The highest BCUT2D eigenvalue weighted by molar-refractivity contribution is 7.85. The Morgan fingerprint density at radius 2 is 1.86 bits per heavy atom. The van der Waals surface area contributed by atoms with E-state index in [1.54, 1.807) is 35.2 Å². The Hall–Kier alpha value is -0.980. The summed E-state index contributed by atoms with van der Waals surface area (Å²) >= 11 is 0. The predicted molar refractivity (Wildman–Crippen MR) is 47.2 cm³/mol. The minimum absolute atomic E-state index is 0.0995. The van der Waals surface area contributed by atoms with Crippen molar-refractivity contribution < 1.29 is 22.6 Å². The summed E-state index contributed by atoms with van der Waals surface area (Å²) in [5.41, 5.74) is 0. The van der Waals surface area contributed by atoms with Crippen LogP contribution < -0.4 is 4.57 Å². The van der Waals surface area contributed by atoms with Crippen LogP contribution in [0.15, 0.2) is 30.6 Å². The van der Waals surface area contributed by atoms with Gasteiger partial charge >= 0.3 is 0 Å². The minimum Gasteiger partial charge on any atom is -0.748 e. The summed E-state index contributed by atoms with van der Waals surface area (Å²) in [6.45, 7) is 0.0995. The largest absolute Gasteiger partial charge is 0.748 e.